The van der Waals surface area contributed by atoms with Crippen molar-refractivity contribution in [3.63, 3.8) is 0 Å². The van der Waals surface area contributed by atoms with E-state index >= 15 is 0 Å². The van der Waals surface area contributed by atoms with Crippen molar-refractivity contribution in [3.8, 4) is 11.3 Å². The molecule has 0 saturated carbocycles. The lowest BCUT2D eigenvalue weighted by atomic mass is 10.1. The van der Waals surface area contributed by atoms with Gasteiger partial charge in [-0.3, -0.25) is 9.38 Å². The number of alkyl halides is 5. The molecule has 6 nitrogen and oxygen atoms in total. The van der Waals surface area contributed by atoms with Crippen molar-refractivity contribution < 1.29 is 31.4 Å². The summed E-state index contributed by atoms with van der Waals surface area (Å²) in [6, 6.07) is 6.40. The molecule has 11 heteroatoms. The molecule has 3 rings (SSSR count). The number of aromatic nitrogens is 4. The molecule has 0 amide bonds. The zero-order valence-corrected chi connectivity index (χ0v) is 15.5. The maximum absolute atomic E-state index is 14.1. The maximum atomic E-state index is 14.1. The maximum Gasteiger partial charge on any atom is 0.418 e. The number of ether oxygens (including phenoxy) is 2. The van der Waals surface area contributed by atoms with Gasteiger partial charge in [0.1, 0.15) is 6.61 Å². The smallest absolute Gasteiger partial charge is 0.364 e. The SMILES string of the molecule is CCOC(F)(F)c1nnc2cnc(-c3ccc(C(C)OCC(F)(F)F)cc3)cn12. The molecule has 0 aliphatic rings. The van der Waals surface area contributed by atoms with Crippen LogP contribution in [0.2, 0.25) is 0 Å². The van der Waals surface area contributed by atoms with Crippen LogP contribution in [0.4, 0.5) is 22.0 Å². The number of benzene rings is 1. The van der Waals surface area contributed by atoms with E-state index in [2.05, 4.69) is 19.9 Å². The number of hydrogen-bond donors (Lipinski definition) is 0. The summed E-state index contributed by atoms with van der Waals surface area (Å²) < 4.78 is 75.3. The van der Waals surface area contributed by atoms with Gasteiger partial charge in [0, 0.05) is 11.8 Å². The molecule has 2 aromatic heterocycles. The number of rotatable bonds is 7. The van der Waals surface area contributed by atoms with Gasteiger partial charge in [0.15, 0.2) is 5.65 Å². The molecule has 0 fully saturated rings. The van der Waals surface area contributed by atoms with Crippen molar-refractivity contribution >= 4 is 5.65 Å². The third-order valence-corrected chi connectivity index (χ3v) is 4.05. The summed E-state index contributed by atoms with van der Waals surface area (Å²) in [7, 11) is 0. The van der Waals surface area contributed by atoms with Gasteiger partial charge >= 0.3 is 12.3 Å². The monoisotopic (exact) mass is 416 g/mol. The molecule has 1 atom stereocenters. The first-order chi connectivity index (χ1) is 13.6. The lowest BCUT2D eigenvalue weighted by molar-refractivity contribution is -0.251. The van der Waals surface area contributed by atoms with E-state index in [1.54, 1.807) is 24.3 Å². The van der Waals surface area contributed by atoms with Crippen LogP contribution >= 0.6 is 0 Å². The lowest BCUT2D eigenvalue weighted by Gasteiger charge is -2.15. The zero-order chi connectivity index (χ0) is 21.2. The van der Waals surface area contributed by atoms with Crippen LogP contribution in [0.25, 0.3) is 16.9 Å². The molecule has 29 heavy (non-hydrogen) atoms. The van der Waals surface area contributed by atoms with Crippen molar-refractivity contribution in [2.75, 3.05) is 13.2 Å². The van der Waals surface area contributed by atoms with Crippen molar-refractivity contribution in [3.05, 3.63) is 48.0 Å². The van der Waals surface area contributed by atoms with Crippen LogP contribution in [0.15, 0.2) is 36.7 Å². The Morgan fingerprint density at radius 1 is 1.07 bits per heavy atom. The molecule has 156 valence electrons. The minimum absolute atomic E-state index is 0.119. The van der Waals surface area contributed by atoms with Crippen LogP contribution in [0.3, 0.4) is 0 Å². The molecule has 0 radical (unpaired) electrons. The zero-order valence-electron chi connectivity index (χ0n) is 15.5. The fourth-order valence-corrected chi connectivity index (χ4v) is 2.64. The molecule has 2 heterocycles. The largest absolute Gasteiger partial charge is 0.418 e. The van der Waals surface area contributed by atoms with E-state index < -0.39 is 30.8 Å². The molecule has 0 aliphatic heterocycles. The Morgan fingerprint density at radius 2 is 1.76 bits per heavy atom. The van der Waals surface area contributed by atoms with Crippen LogP contribution in [-0.2, 0) is 15.6 Å². The van der Waals surface area contributed by atoms with E-state index in [1.165, 1.54) is 26.2 Å². The molecule has 1 unspecified atom stereocenters. The summed E-state index contributed by atoms with van der Waals surface area (Å²) >= 11 is 0. The van der Waals surface area contributed by atoms with E-state index in [1.807, 2.05) is 0 Å². The van der Waals surface area contributed by atoms with Gasteiger partial charge in [0.25, 0.3) is 0 Å². The van der Waals surface area contributed by atoms with Gasteiger partial charge in [0.2, 0.25) is 5.82 Å². The van der Waals surface area contributed by atoms with E-state index in [4.69, 9.17) is 4.74 Å². The molecule has 0 bridgehead atoms. The van der Waals surface area contributed by atoms with Gasteiger partial charge in [-0.15, -0.1) is 10.2 Å². The minimum Gasteiger partial charge on any atom is -0.364 e. The van der Waals surface area contributed by atoms with Crippen molar-refractivity contribution in [2.45, 2.75) is 32.2 Å². The third-order valence-electron chi connectivity index (χ3n) is 4.05. The van der Waals surface area contributed by atoms with Crippen molar-refractivity contribution in [1.29, 1.82) is 0 Å². The van der Waals surface area contributed by atoms with Crippen molar-refractivity contribution in [2.24, 2.45) is 0 Å². The molecule has 3 aromatic rings. The molecule has 0 N–H and O–H groups in total. The normalized spacial score (nSPS) is 13.8. The van der Waals surface area contributed by atoms with Crippen molar-refractivity contribution in [1.82, 2.24) is 19.6 Å². The Hall–Kier alpha value is -2.66. The summed E-state index contributed by atoms with van der Waals surface area (Å²) in [4.78, 5) is 4.17. The van der Waals surface area contributed by atoms with E-state index in [9.17, 15) is 22.0 Å². The second-order valence-electron chi connectivity index (χ2n) is 6.16. The predicted molar refractivity (Wildman–Crippen MR) is 92.2 cm³/mol. The lowest BCUT2D eigenvalue weighted by Crippen LogP contribution is -2.21. The Morgan fingerprint density at radius 3 is 2.38 bits per heavy atom. The first-order valence-corrected chi connectivity index (χ1v) is 8.62. The fourth-order valence-electron chi connectivity index (χ4n) is 2.64. The van der Waals surface area contributed by atoms with Gasteiger partial charge in [-0.2, -0.15) is 22.0 Å². The van der Waals surface area contributed by atoms with Gasteiger partial charge in [-0.05, 0) is 19.4 Å². The molecule has 0 aliphatic carbocycles. The first kappa shape index (κ1) is 21.1. The second-order valence-corrected chi connectivity index (χ2v) is 6.16. The summed E-state index contributed by atoms with van der Waals surface area (Å²) in [6.07, 6.45) is -6.17. The van der Waals surface area contributed by atoms with Gasteiger partial charge in [0.05, 0.1) is 24.6 Å². The first-order valence-electron chi connectivity index (χ1n) is 8.62. The molecule has 1 aromatic carbocycles. The molecular weight excluding hydrogens is 399 g/mol. The van der Waals surface area contributed by atoms with Gasteiger partial charge in [-0.1, -0.05) is 24.3 Å². The highest BCUT2D eigenvalue weighted by Crippen LogP contribution is 2.29. The van der Waals surface area contributed by atoms with Gasteiger partial charge in [-0.25, -0.2) is 0 Å². The van der Waals surface area contributed by atoms with Gasteiger partial charge < -0.3 is 9.47 Å². The Balaban J connectivity index is 1.85. The molecular formula is C18H17F5N4O2. The van der Waals surface area contributed by atoms with Crippen LogP contribution in [0.1, 0.15) is 31.3 Å². The van der Waals surface area contributed by atoms with E-state index in [0.717, 1.165) is 4.40 Å². The summed E-state index contributed by atoms with van der Waals surface area (Å²) in [5, 5.41) is 7.15. The molecule has 0 spiro atoms. The number of fused-ring (bicyclic) bond motifs is 1. The highest BCUT2D eigenvalue weighted by atomic mass is 19.4. The third kappa shape index (κ3) is 4.85. The van der Waals surface area contributed by atoms with E-state index in [-0.39, 0.29) is 12.3 Å². The van der Waals surface area contributed by atoms with Crippen LogP contribution < -0.4 is 0 Å². The number of nitrogens with zero attached hydrogens (tertiary/aromatic N) is 4. The molecule has 0 saturated heterocycles. The second kappa shape index (κ2) is 7.99. The topological polar surface area (TPSA) is 61.5 Å². The quantitative estimate of drug-likeness (QED) is 0.530. The predicted octanol–water partition coefficient (Wildman–Crippen LogP) is 4.52. The minimum atomic E-state index is -4.41. The number of halogens is 5. The number of hydrogen-bond acceptors (Lipinski definition) is 5. The highest BCUT2D eigenvalue weighted by molar-refractivity contribution is 5.60. The Bertz CT molecular complexity index is 973. The van der Waals surface area contributed by atoms with Crippen LogP contribution in [0.5, 0.6) is 0 Å². The summed E-state index contributed by atoms with van der Waals surface area (Å²) in [5.74, 6) is -0.677. The average molecular weight is 416 g/mol. The average Bonchev–Trinajstić information content (AvgIpc) is 3.10. The fraction of sp³-hybridized carbons (Fsp3) is 0.389. The highest BCUT2D eigenvalue weighted by Gasteiger charge is 2.38. The van der Waals surface area contributed by atoms with Crippen LogP contribution in [-0.4, -0.2) is 39.0 Å². The van der Waals surface area contributed by atoms with E-state index in [0.29, 0.717) is 16.8 Å². The Kier molecular flexibility index (Phi) is 5.80. The summed E-state index contributed by atoms with van der Waals surface area (Å²) in [5.41, 5.74) is 1.57. The standard InChI is InChI=1S/C18H17F5N4O2/c1-3-29-18(22,23)16-26-25-15-8-24-14(9-27(15)16)13-6-4-12(5-7-13)11(2)28-10-17(19,20)21/h4-9,11H,3,10H2,1-2H3. The Labute approximate surface area is 162 Å². The van der Waals surface area contributed by atoms with Crippen LogP contribution in [0, 0.1) is 0 Å². The summed E-state index contributed by atoms with van der Waals surface area (Å²) in [6.45, 7) is 1.38.